The van der Waals surface area contributed by atoms with Crippen molar-refractivity contribution in [3.05, 3.63) is 11.6 Å². The van der Waals surface area contributed by atoms with Crippen LogP contribution < -0.4 is 0 Å². The van der Waals surface area contributed by atoms with E-state index in [0.29, 0.717) is 17.1 Å². The van der Waals surface area contributed by atoms with Crippen LogP contribution in [0.15, 0.2) is 11.6 Å². The number of hydrogen-bond acceptors (Lipinski definition) is 2. The summed E-state index contributed by atoms with van der Waals surface area (Å²) in [5.74, 6) is 2.66. The van der Waals surface area contributed by atoms with Crippen molar-refractivity contribution in [1.29, 1.82) is 0 Å². The van der Waals surface area contributed by atoms with E-state index in [2.05, 4.69) is 19.9 Å². The molecular weight excluding hydrogens is 260 g/mol. The van der Waals surface area contributed by atoms with Crippen LogP contribution in [0.4, 0.5) is 0 Å². The van der Waals surface area contributed by atoms with Crippen molar-refractivity contribution in [2.45, 2.75) is 71.3 Å². The first-order valence-electron chi connectivity index (χ1n) is 8.88. The first-order valence-corrected chi connectivity index (χ1v) is 8.88. The number of Topliss-reactive ketones (excluding diaryl/α,β-unsaturated/α-hetero) is 1. The topological polar surface area (TPSA) is 37.3 Å². The van der Waals surface area contributed by atoms with Gasteiger partial charge >= 0.3 is 0 Å². The molecule has 1 N–H and O–H groups in total. The number of allylic oxidation sites excluding steroid dienone is 1. The Labute approximate surface area is 128 Å². The standard InChI is InChI=1S/C19H28O2/c1-18-9-7-13(20)11-12(18)3-4-14-15-5-6-17(21)19(15,2)10-8-16(14)18/h11,13-16,20H,3-10H2,1-2H3/t13-,14+,15-,16-,18+,19+/m1/s1. The molecule has 0 heterocycles. The minimum absolute atomic E-state index is 0.00702. The molecule has 0 saturated heterocycles. The van der Waals surface area contributed by atoms with E-state index in [9.17, 15) is 9.90 Å². The third-order valence-corrected chi connectivity index (χ3v) is 7.80. The molecule has 0 aromatic rings. The van der Waals surface area contributed by atoms with E-state index in [1.54, 1.807) is 0 Å². The fourth-order valence-corrected chi connectivity index (χ4v) is 6.48. The van der Waals surface area contributed by atoms with Gasteiger partial charge in [0.15, 0.2) is 0 Å². The van der Waals surface area contributed by atoms with Crippen LogP contribution in [0.1, 0.15) is 65.2 Å². The molecule has 0 aromatic heterocycles. The van der Waals surface area contributed by atoms with Crippen molar-refractivity contribution in [2.24, 2.45) is 28.6 Å². The summed E-state index contributed by atoms with van der Waals surface area (Å²) in [4.78, 5) is 12.4. The summed E-state index contributed by atoms with van der Waals surface area (Å²) in [5, 5.41) is 9.96. The van der Waals surface area contributed by atoms with Gasteiger partial charge in [-0.15, -0.1) is 0 Å². The molecule has 0 amide bonds. The van der Waals surface area contributed by atoms with Crippen LogP contribution in [0.25, 0.3) is 0 Å². The fraction of sp³-hybridized carbons (Fsp3) is 0.842. The number of carbonyl (C=O) groups is 1. The van der Waals surface area contributed by atoms with E-state index < -0.39 is 0 Å². The summed E-state index contributed by atoms with van der Waals surface area (Å²) in [7, 11) is 0. The Morgan fingerprint density at radius 2 is 1.71 bits per heavy atom. The number of ketones is 1. The third kappa shape index (κ3) is 1.78. The molecule has 4 rings (SSSR count). The molecule has 0 radical (unpaired) electrons. The van der Waals surface area contributed by atoms with Crippen molar-refractivity contribution in [1.82, 2.24) is 0 Å². The minimum atomic E-state index is -0.216. The molecule has 0 aromatic carbocycles. The molecule has 4 aliphatic carbocycles. The maximum Gasteiger partial charge on any atom is 0.139 e. The normalized spacial score (nSPS) is 52.7. The largest absolute Gasteiger partial charge is 0.389 e. The van der Waals surface area contributed by atoms with Crippen molar-refractivity contribution >= 4 is 5.78 Å². The van der Waals surface area contributed by atoms with Crippen LogP contribution >= 0.6 is 0 Å². The van der Waals surface area contributed by atoms with Gasteiger partial charge in [0.05, 0.1) is 6.10 Å². The van der Waals surface area contributed by atoms with E-state index >= 15 is 0 Å². The molecule has 0 unspecified atom stereocenters. The van der Waals surface area contributed by atoms with Gasteiger partial charge in [0.25, 0.3) is 0 Å². The molecule has 0 bridgehead atoms. The van der Waals surface area contributed by atoms with Gasteiger partial charge in [-0.05, 0) is 68.1 Å². The van der Waals surface area contributed by atoms with E-state index in [0.717, 1.165) is 50.4 Å². The molecule has 3 saturated carbocycles. The van der Waals surface area contributed by atoms with Gasteiger partial charge in [0.1, 0.15) is 5.78 Å². The molecule has 0 spiro atoms. The van der Waals surface area contributed by atoms with Crippen molar-refractivity contribution in [3.8, 4) is 0 Å². The van der Waals surface area contributed by atoms with Gasteiger partial charge in [-0.3, -0.25) is 4.79 Å². The molecule has 2 nitrogen and oxygen atoms in total. The number of rotatable bonds is 0. The Morgan fingerprint density at radius 3 is 2.52 bits per heavy atom. The molecule has 6 atom stereocenters. The Morgan fingerprint density at radius 1 is 1.00 bits per heavy atom. The van der Waals surface area contributed by atoms with Gasteiger partial charge in [-0.25, -0.2) is 0 Å². The number of carbonyl (C=O) groups excluding carboxylic acids is 1. The second-order valence-electron chi connectivity index (χ2n) is 8.55. The first kappa shape index (κ1) is 14.0. The second-order valence-corrected chi connectivity index (χ2v) is 8.55. The Kier molecular flexibility index (Phi) is 2.96. The molecule has 0 aliphatic heterocycles. The lowest BCUT2D eigenvalue weighted by Crippen LogP contribution is -2.50. The first-order chi connectivity index (χ1) is 9.95. The molecule has 3 fully saturated rings. The van der Waals surface area contributed by atoms with E-state index in [1.807, 2.05) is 0 Å². The van der Waals surface area contributed by atoms with Gasteiger partial charge in [-0.1, -0.05) is 25.5 Å². The smallest absolute Gasteiger partial charge is 0.139 e. The van der Waals surface area contributed by atoms with E-state index in [1.165, 1.54) is 18.4 Å². The average molecular weight is 288 g/mol. The lowest BCUT2D eigenvalue weighted by atomic mass is 9.47. The highest BCUT2D eigenvalue weighted by atomic mass is 16.3. The number of hydrogen-bond donors (Lipinski definition) is 1. The lowest BCUT2D eigenvalue weighted by Gasteiger charge is -2.57. The molecule has 2 heteroatoms. The van der Waals surface area contributed by atoms with Crippen molar-refractivity contribution < 1.29 is 9.90 Å². The zero-order valence-corrected chi connectivity index (χ0v) is 13.4. The zero-order valence-electron chi connectivity index (χ0n) is 13.4. The molecule has 116 valence electrons. The number of aliphatic hydroxyl groups excluding tert-OH is 1. The van der Waals surface area contributed by atoms with Crippen LogP contribution in [0, 0.1) is 28.6 Å². The quantitative estimate of drug-likeness (QED) is 0.687. The number of fused-ring (bicyclic) bond motifs is 5. The van der Waals surface area contributed by atoms with Crippen LogP contribution in [0.3, 0.4) is 0 Å². The summed E-state index contributed by atoms with van der Waals surface area (Å²) in [5.41, 5.74) is 1.82. The highest BCUT2D eigenvalue weighted by Crippen LogP contribution is 2.64. The summed E-state index contributed by atoms with van der Waals surface area (Å²) in [6.07, 6.45) is 10.7. The van der Waals surface area contributed by atoms with Gasteiger partial charge in [0.2, 0.25) is 0 Å². The highest BCUT2D eigenvalue weighted by Gasteiger charge is 2.58. The average Bonchev–Trinajstić information content (AvgIpc) is 2.76. The van der Waals surface area contributed by atoms with Crippen LogP contribution in [-0.2, 0) is 4.79 Å². The summed E-state index contributed by atoms with van der Waals surface area (Å²) in [6, 6.07) is 0. The van der Waals surface area contributed by atoms with Gasteiger partial charge in [0, 0.05) is 11.8 Å². The van der Waals surface area contributed by atoms with Crippen molar-refractivity contribution in [3.63, 3.8) is 0 Å². The summed E-state index contributed by atoms with van der Waals surface area (Å²) >= 11 is 0. The van der Waals surface area contributed by atoms with E-state index in [-0.39, 0.29) is 11.5 Å². The molecular formula is C19H28O2. The lowest BCUT2D eigenvalue weighted by molar-refractivity contribution is -0.132. The van der Waals surface area contributed by atoms with Crippen LogP contribution in [0.5, 0.6) is 0 Å². The fourth-order valence-electron chi connectivity index (χ4n) is 6.48. The molecule has 4 aliphatic rings. The maximum absolute atomic E-state index is 12.4. The summed E-state index contributed by atoms with van der Waals surface area (Å²) < 4.78 is 0. The van der Waals surface area contributed by atoms with Crippen molar-refractivity contribution in [2.75, 3.05) is 0 Å². The monoisotopic (exact) mass is 288 g/mol. The second kappa shape index (κ2) is 4.44. The highest BCUT2D eigenvalue weighted by molar-refractivity contribution is 5.87. The predicted molar refractivity (Wildman–Crippen MR) is 82.7 cm³/mol. The Balaban J connectivity index is 1.69. The van der Waals surface area contributed by atoms with Crippen LogP contribution in [-0.4, -0.2) is 17.0 Å². The number of aliphatic hydroxyl groups is 1. The third-order valence-electron chi connectivity index (χ3n) is 7.80. The molecule has 21 heavy (non-hydrogen) atoms. The van der Waals surface area contributed by atoms with Gasteiger partial charge < -0.3 is 5.11 Å². The Bertz CT molecular complexity index is 508. The Hall–Kier alpha value is -0.630. The predicted octanol–water partition coefficient (Wildman–Crippen LogP) is 3.88. The van der Waals surface area contributed by atoms with E-state index in [4.69, 9.17) is 0 Å². The van der Waals surface area contributed by atoms with Gasteiger partial charge in [-0.2, -0.15) is 0 Å². The van der Waals surface area contributed by atoms with Crippen LogP contribution in [0.2, 0.25) is 0 Å². The maximum atomic E-state index is 12.4. The zero-order chi connectivity index (χ0) is 14.8. The minimum Gasteiger partial charge on any atom is -0.389 e. The SMILES string of the molecule is C[C@]12CC[C@@H](O)C=C1CC[C@@H]1[C@H]2CC[C@]2(C)C(=O)CC[C@H]12. The summed E-state index contributed by atoms with van der Waals surface area (Å²) in [6.45, 7) is 4.70.